The number of nitrogens with one attached hydrogen (secondary N) is 3. The number of fused-ring (bicyclic) bond motifs is 1. The summed E-state index contributed by atoms with van der Waals surface area (Å²) in [4.78, 5) is 25.8. The lowest BCUT2D eigenvalue weighted by Gasteiger charge is -2.21. The molecule has 2 atom stereocenters. The van der Waals surface area contributed by atoms with Crippen LogP contribution in [0.4, 0.5) is 17.1 Å². The van der Waals surface area contributed by atoms with E-state index in [-0.39, 0.29) is 22.0 Å². The summed E-state index contributed by atoms with van der Waals surface area (Å²) >= 11 is -0.816. The molecule has 0 fully saturated rings. The van der Waals surface area contributed by atoms with Gasteiger partial charge in [0.05, 0.1) is 10.9 Å². The van der Waals surface area contributed by atoms with Crippen LogP contribution in [0.2, 0.25) is 0 Å². The molecule has 164 valence electrons. The van der Waals surface area contributed by atoms with E-state index >= 15 is 0 Å². The average Bonchev–Trinajstić information content (AvgIpc) is 2.78. The maximum atomic E-state index is 12.7. The van der Waals surface area contributed by atoms with Crippen LogP contribution < -0.4 is 16.0 Å². The second kappa shape index (κ2) is 9.56. The van der Waals surface area contributed by atoms with Crippen LogP contribution in [0.1, 0.15) is 22.8 Å². The summed E-state index contributed by atoms with van der Waals surface area (Å²) in [6, 6.07) is 19.2. The molecule has 2 unspecified atom stereocenters. The number of benzene rings is 3. The Morgan fingerprint density at radius 3 is 2.69 bits per heavy atom. The summed E-state index contributed by atoms with van der Waals surface area (Å²) in [7, 11) is 0. The monoisotopic (exact) mass is 466 g/mol. The molecule has 0 radical (unpaired) electrons. The van der Waals surface area contributed by atoms with E-state index in [4.69, 9.17) is 0 Å². The van der Waals surface area contributed by atoms with Crippen LogP contribution in [0.25, 0.3) is 0 Å². The molecule has 2 amide bonds. The predicted octanol–water partition coefficient (Wildman–Crippen LogP) is 4.22. The normalized spacial score (nSPS) is 15.9. The highest BCUT2D eigenvalue weighted by Crippen LogP contribution is 2.36. The van der Waals surface area contributed by atoms with E-state index in [1.807, 2.05) is 31.2 Å². The van der Waals surface area contributed by atoms with Gasteiger partial charge in [-0.25, -0.2) is 0 Å². The SMILES string of the molecule is CC1Sc2ccc(C(=O)Nc3cccc(CNc4cccc(S(=O)[O-])c4)c3)cc2NC1=O. The quantitative estimate of drug-likeness (QED) is 0.469. The van der Waals surface area contributed by atoms with Crippen LogP contribution in [0, 0.1) is 0 Å². The molecule has 0 aliphatic carbocycles. The van der Waals surface area contributed by atoms with E-state index in [2.05, 4.69) is 16.0 Å². The largest absolute Gasteiger partial charge is 0.768 e. The lowest BCUT2D eigenvalue weighted by molar-refractivity contribution is -0.115. The fraction of sp³-hybridized carbons (Fsp3) is 0.130. The molecule has 9 heteroatoms. The topological polar surface area (TPSA) is 110 Å². The van der Waals surface area contributed by atoms with Crippen molar-refractivity contribution < 1.29 is 18.4 Å². The van der Waals surface area contributed by atoms with Crippen LogP contribution in [0.15, 0.2) is 76.5 Å². The molecule has 0 saturated carbocycles. The van der Waals surface area contributed by atoms with Crippen molar-refractivity contribution in [3.8, 4) is 0 Å². The van der Waals surface area contributed by atoms with E-state index in [1.165, 1.54) is 17.8 Å². The summed E-state index contributed by atoms with van der Waals surface area (Å²) in [5.41, 5.74) is 3.33. The molecule has 1 heterocycles. The number of carbonyl (C=O) groups excluding carboxylic acids is 2. The Balaban J connectivity index is 1.42. The predicted molar refractivity (Wildman–Crippen MR) is 126 cm³/mol. The van der Waals surface area contributed by atoms with Crippen molar-refractivity contribution in [1.82, 2.24) is 0 Å². The molecular formula is C23H20N3O4S2-. The maximum absolute atomic E-state index is 12.7. The summed E-state index contributed by atoms with van der Waals surface area (Å²) in [6.45, 7) is 2.30. The highest BCUT2D eigenvalue weighted by atomic mass is 32.2. The fourth-order valence-corrected chi connectivity index (χ4v) is 4.57. The molecule has 0 saturated heterocycles. The van der Waals surface area contributed by atoms with Gasteiger partial charge < -0.3 is 20.5 Å². The van der Waals surface area contributed by atoms with Gasteiger partial charge in [0.2, 0.25) is 5.91 Å². The number of anilines is 3. The molecule has 0 bridgehead atoms. The van der Waals surface area contributed by atoms with Gasteiger partial charge >= 0.3 is 0 Å². The highest BCUT2D eigenvalue weighted by molar-refractivity contribution is 8.01. The Hall–Kier alpha value is -3.14. The molecular weight excluding hydrogens is 446 g/mol. The molecule has 1 aliphatic heterocycles. The average molecular weight is 467 g/mol. The first kappa shape index (κ1) is 22.1. The van der Waals surface area contributed by atoms with Crippen molar-refractivity contribution in [3.63, 3.8) is 0 Å². The van der Waals surface area contributed by atoms with Crippen molar-refractivity contribution >= 4 is 51.7 Å². The molecule has 32 heavy (non-hydrogen) atoms. The van der Waals surface area contributed by atoms with E-state index in [1.54, 1.807) is 36.4 Å². The molecule has 7 nitrogen and oxygen atoms in total. The minimum Gasteiger partial charge on any atom is -0.768 e. The van der Waals surface area contributed by atoms with Gasteiger partial charge in [0.1, 0.15) is 0 Å². The van der Waals surface area contributed by atoms with Crippen molar-refractivity contribution in [1.29, 1.82) is 0 Å². The van der Waals surface area contributed by atoms with Gasteiger partial charge in [0.25, 0.3) is 5.91 Å². The standard InChI is InChI=1S/C23H21N3O4S2/c1-14-22(27)26-20-11-16(8-9-21(20)31-14)23(28)25-18-6-2-4-15(10-18)13-24-17-5-3-7-19(12-17)32(29)30/h2-12,14,24H,13H2,1H3,(H,25,28)(H,26,27)(H,29,30)/p-1. The maximum Gasteiger partial charge on any atom is 0.255 e. The Kier molecular flexibility index (Phi) is 6.59. The van der Waals surface area contributed by atoms with Crippen molar-refractivity contribution in [2.75, 3.05) is 16.0 Å². The van der Waals surface area contributed by atoms with E-state index in [9.17, 15) is 18.4 Å². The summed E-state index contributed by atoms with van der Waals surface area (Å²) in [6.07, 6.45) is 0. The summed E-state index contributed by atoms with van der Waals surface area (Å²) in [5, 5.41) is 8.73. The second-order valence-corrected chi connectivity index (χ2v) is 9.55. The van der Waals surface area contributed by atoms with E-state index in [0.717, 1.165) is 10.5 Å². The zero-order chi connectivity index (χ0) is 22.7. The van der Waals surface area contributed by atoms with Crippen molar-refractivity contribution in [3.05, 3.63) is 77.9 Å². The van der Waals surface area contributed by atoms with E-state index in [0.29, 0.717) is 29.2 Å². The highest BCUT2D eigenvalue weighted by Gasteiger charge is 2.23. The molecule has 3 N–H and O–H groups in total. The van der Waals surface area contributed by atoms with Gasteiger partial charge in [-0.15, -0.1) is 11.8 Å². The van der Waals surface area contributed by atoms with Gasteiger partial charge in [-0.1, -0.05) is 18.2 Å². The lowest BCUT2D eigenvalue weighted by Crippen LogP contribution is -2.26. The Morgan fingerprint density at radius 2 is 1.88 bits per heavy atom. The van der Waals surface area contributed by atoms with Crippen LogP contribution in [-0.2, 0) is 22.4 Å². The number of carbonyl (C=O) groups is 2. The smallest absolute Gasteiger partial charge is 0.255 e. The Bertz CT molecular complexity index is 1220. The third-order valence-electron chi connectivity index (χ3n) is 4.88. The first-order chi connectivity index (χ1) is 15.4. The van der Waals surface area contributed by atoms with Gasteiger partial charge in [-0.3, -0.25) is 13.8 Å². The fourth-order valence-electron chi connectivity index (χ4n) is 3.23. The summed E-state index contributed by atoms with van der Waals surface area (Å²) in [5.74, 6) is -0.353. The van der Waals surface area contributed by atoms with Crippen molar-refractivity contribution in [2.45, 2.75) is 28.5 Å². The minimum absolute atomic E-state index is 0.0766. The Labute approximate surface area is 192 Å². The molecule has 3 aromatic rings. The lowest BCUT2D eigenvalue weighted by atomic mass is 10.1. The number of rotatable bonds is 6. The van der Waals surface area contributed by atoms with Crippen molar-refractivity contribution in [2.24, 2.45) is 0 Å². The Morgan fingerprint density at radius 1 is 1.09 bits per heavy atom. The van der Waals surface area contributed by atoms with Gasteiger partial charge in [-0.05, 0) is 72.1 Å². The van der Waals surface area contributed by atoms with E-state index < -0.39 is 11.1 Å². The van der Waals surface area contributed by atoms with Gasteiger partial charge in [0, 0.05) is 33.3 Å². The molecule has 4 rings (SSSR count). The number of thioether (sulfide) groups is 1. The zero-order valence-corrected chi connectivity index (χ0v) is 18.7. The van der Waals surface area contributed by atoms with Crippen LogP contribution in [-0.4, -0.2) is 25.8 Å². The van der Waals surface area contributed by atoms with Crippen LogP contribution >= 0.6 is 11.8 Å². The molecule has 0 spiro atoms. The number of hydrogen-bond donors (Lipinski definition) is 3. The number of hydrogen-bond acceptors (Lipinski definition) is 6. The van der Waals surface area contributed by atoms with Gasteiger partial charge in [0.15, 0.2) is 0 Å². The summed E-state index contributed by atoms with van der Waals surface area (Å²) < 4.78 is 22.2. The number of amides is 2. The zero-order valence-electron chi connectivity index (χ0n) is 17.1. The third kappa shape index (κ3) is 5.18. The first-order valence-corrected chi connectivity index (χ1v) is 11.8. The first-order valence-electron chi connectivity index (χ1n) is 9.84. The minimum atomic E-state index is -2.28. The van der Waals surface area contributed by atoms with Crippen LogP contribution in [0.3, 0.4) is 0 Å². The van der Waals surface area contributed by atoms with Crippen LogP contribution in [0.5, 0.6) is 0 Å². The van der Waals surface area contributed by atoms with Gasteiger partial charge in [-0.2, -0.15) is 0 Å². The molecule has 0 aromatic heterocycles. The second-order valence-electron chi connectivity index (χ2n) is 7.23. The third-order valence-corrected chi connectivity index (χ3v) is 6.70. The molecule has 1 aliphatic rings. The molecule has 3 aromatic carbocycles.